The van der Waals surface area contributed by atoms with Gasteiger partial charge in [-0.15, -0.1) is 0 Å². The van der Waals surface area contributed by atoms with E-state index in [2.05, 4.69) is 55.5 Å². The third-order valence-corrected chi connectivity index (χ3v) is 5.39. The van der Waals surface area contributed by atoms with Crippen molar-refractivity contribution in [3.8, 4) is 22.6 Å². The van der Waals surface area contributed by atoms with Crippen molar-refractivity contribution in [2.45, 2.75) is 6.92 Å². The molecular weight excluding hydrogens is 358 g/mol. The Hall–Kier alpha value is -3.85. The number of fused-ring (bicyclic) bond motifs is 4. The van der Waals surface area contributed by atoms with Crippen LogP contribution in [0, 0.1) is 6.92 Å². The van der Waals surface area contributed by atoms with E-state index < -0.39 is 0 Å². The van der Waals surface area contributed by atoms with Crippen molar-refractivity contribution < 1.29 is 8.83 Å². The van der Waals surface area contributed by atoms with Crippen LogP contribution in [0.3, 0.4) is 0 Å². The monoisotopic (exact) mass is 375 g/mol. The summed E-state index contributed by atoms with van der Waals surface area (Å²) in [5, 5.41) is 2.22. The van der Waals surface area contributed by atoms with Crippen molar-refractivity contribution >= 4 is 33.0 Å². The molecule has 3 nitrogen and oxygen atoms in total. The highest BCUT2D eigenvalue weighted by atomic mass is 16.3. The first kappa shape index (κ1) is 16.1. The molecule has 3 aromatic heterocycles. The predicted molar refractivity (Wildman–Crippen MR) is 117 cm³/mol. The lowest BCUT2D eigenvalue weighted by Gasteiger charge is -2.01. The predicted octanol–water partition coefficient (Wildman–Crippen LogP) is 7.37. The Morgan fingerprint density at radius 1 is 0.690 bits per heavy atom. The van der Waals surface area contributed by atoms with Crippen LogP contribution in [0.4, 0.5) is 0 Å². The average Bonchev–Trinajstić information content (AvgIpc) is 3.35. The maximum Gasteiger partial charge on any atom is 0.153 e. The van der Waals surface area contributed by atoms with Gasteiger partial charge in [0, 0.05) is 28.0 Å². The van der Waals surface area contributed by atoms with Gasteiger partial charge in [-0.25, -0.2) is 4.98 Å². The Kier molecular flexibility index (Phi) is 3.38. The van der Waals surface area contributed by atoms with Gasteiger partial charge >= 0.3 is 0 Å². The SMILES string of the molecule is Cc1ccc(-c2cc3nc(-c4cccc5c4oc4ccccc45)ccc3o2)cc1. The molecule has 0 bridgehead atoms. The quantitative estimate of drug-likeness (QED) is 0.317. The van der Waals surface area contributed by atoms with Gasteiger partial charge in [0.25, 0.3) is 0 Å². The van der Waals surface area contributed by atoms with E-state index in [4.69, 9.17) is 13.8 Å². The number of benzene rings is 3. The molecule has 6 rings (SSSR count). The van der Waals surface area contributed by atoms with Crippen LogP contribution in [0.25, 0.3) is 55.6 Å². The van der Waals surface area contributed by atoms with E-state index >= 15 is 0 Å². The van der Waals surface area contributed by atoms with E-state index in [1.807, 2.05) is 36.4 Å². The summed E-state index contributed by atoms with van der Waals surface area (Å²) < 4.78 is 12.2. The van der Waals surface area contributed by atoms with Crippen molar-refractivity contribution in [1.29, 1.82) is 0 Å². The van der Waals surface area contributed by atoms with Gasteiger partial charge in [-0.3, -0.25) is 0 Å². The molecular formula is C26H17NO2. The van der Waals surface area contributed by atoms with Gasteiger partial charge in [0.1, 0.15) is 22.4 Å². The summed E-state index contributed by atoms with van der Waals surface area (Å²) in [6, 6.07) is 28.6. The van der Waals surface area contributed by atoms with E-state index in [1.165, 1.54) is 5.56 Å². The average molecular weight is 375 g/mol. The zero-order chi connectivity index (χ0) is 19.4. The minimum Gasteiger partial charge on any atom is -0.455 e. The van der Waals surface area contributed by atoms with Crippen LogP contribution in [0.15, 0.2) is 93.8 Å². The number of furan rings is 2. The first-order valence-electron chi connectivity index (χ1n) is 9.64. The minimum atomic E-state index is 0.779. The van der Waals surface area contributed by atoms with Crippen LogP contribution in [0.1, 0.15) is 5.56 Å². The number of pyridine rings is 1. The number of aryl methyl sites for hydroxylation is 1. The Morgan fingerprint density at radius 3 is 2.41 bits per heavy atom. The maximum atomic E-state index is 6.17. The van der Waals surface area contributed by atoms with E-state index in [1.54, 1.807) is 0 Å². The Labute approximate surface area is 167 Å². The molecule has 0 fully saturated rings. The van der Waals surface area contributed by atoms with Gasteiger partial charge in [0.15, 0.2) is 5.58 Å². The molecule has 0 amide bonds. The molecule has 3 heterocycles. The van der Waals surface area contributed by atoms with Crippen LogP contribution in [0.5, 0.6) is 0 Å². The normalized spacial score (nSPS) is 11.6. The van der Waals surface area contributed by atoms with Crippen LogP contribution in [-0.2, 0) is 0 Å². The van der Waals surface area contributed by atoms with Crippen molar-refractivity contribution in [2.75, 3.05) is 0 Å². The fraction of sp³-hybridized carbons (Fsp3) is 0.0385. The molecule has 0 radical (unpaired) electrons. The van der Waals surface area contributed by atoms with Gasteiger partial charge < -0.3 is 8.83 Å². The van der Waals surface area contributed by atoms with Crippen LogP contribution >= 0.6 is 0 Å². The van der Waals surface area contributed by atoms with Crippen molar-refractivity contribution in [3.63, 3.8) is 0 Å². The number of hydrogen-bond acceptors (Lipinski definition) is 3. The maximum absolute atomic E-state index is 6.17. The standard InChI is InChI=1S/C26H17NO2/c1-16-9-11-17(12-10-16)25-15-22-24(28-25)14-13-21(27-22)20-7-4-6-19-18-5-2-3-8-23(18)29-26(19)20/h2-15H,1H3. The Balaban J connectivity index is 1.52. The number of hydrogen-bond donors (Lipinski definition) is 0. The number of aromatic nitrogens is 1. The molecule has 0 atom stereocenters. The molecule has 0 saturated carbocycles. The first-order valence-corrected chi connectivity index (χ1v) is 9.64. The molecule has 6 aromatic rings. The second-order valence-electron chi connectivity index (χ2n) is 7.34. The highest BCUT2D eigenvalue weighted by molar-refractivity contribution is 6.09. The third kappa shape index (κ3) is 2.55. The summed E-state index contributed by atoms with van der Waals surface area (Å²) in [5.41, 5.74) is 7.51. The molecule has 0 aliphatic carbocycles. The number of nitrogens with zero attached hydrogens (tertiary/aromatic N) is 1. The number of para-hydroxylation sites is 2. The lowest BCUT2D eigenvalue weighted by molar-refractivity contribution is 0.631. The molecule has 138 valence electrons. The van der Waals surface area contributed by atoms with Gasteiger partial charge in [-0.2, -0.15) is 0 Å². The molecule has 0 saturated heterocycles. The second-order valence-corrected chi connectivity index (χ2v) is 7.34. The Morgan fingerprint density at radius 2 is 1.52 bits per heavy atom. The van der Waals surface area contributed by atoms with Gasteiger partial charge in [-0.1, -0.05) is 60.2 Å². The second kappa shape index (κ2) is 6.08. The van der Waals surface area contributed by atoms with E-state index in [-0.39, 0.29) is 0 Å². The van der Waals surface area contributed by atoms with Gasteiger partial charge in [0.2, 0.25) is 0 Å². The summed E-state index contributed by atoms with van der Waals surface area (Å²) in [7, 11) is 0. The fourth-order valence-corrected chi connectivity index (χ4v) is 3.88. The van der Waals surface area contributed by atoms with Gasteiger partial charge in [-0.05, 0) is 31.2 Å². The highest BCUT2D eigenvalue weighted by Crippen LogP contribution is 2.36. The lowest BCUT2D eigenvalue weighted by Crippen LogP contribution is -1.83. The molecule has 0 aliphatic rings. The molecule has 0 spiro atoms. The van der Waals surface area contributed by atoms with Crippen molar-refractivity contribution in [3.05, 3.63) is 90.5 Å². The summed E-state index contributed by atoms with van der Waals surface area (Å²) in [5.74, 6) is 0.826. The van der Waals surface area contributed by atoms with Crippen LogP contribution < -0.4 is 0 Å². The van der Waals surface area contributed by atoms with E-state index in [9.17, 15) is 0 Å². The minimum absolute atomic E-state index is 0.779. The molecule has 0 N–H and O–H groups in total. The zero-order valence-corrected chi connectivity index (χ0v) is 15.8. The largest absolute Gasteiger partial charge is 0.455 e. The first-order chi connectivity index (χ1) is 14.3. The molecule has 0 aliphatic heterocycles. The lowest BCUT2D eigenvalue weighted by atomic mass is 10.1. The summed E-state index contributed by atoms with van der Waals surface area (Å²) in [4.78, 5) is 4.88. The molecule has 3 aromatic carbocycles. The Bertz CT molecular complexity index is 1500. The van der Waals surface area contributed by atoms with E-state index in [0.29, 0.717) is 0 Å². The summed E-state index contributed by atoms with van der Waals surface area (Å²) in [6.45, 7) is 2.08. The molecule has 3 heteroatoms. The smallest absolute Gasteiger partial charge is 0.153 e. The van der Waals surface area contributed by atoms with Crippen LogP contribution in [-0.4, -0.2) is 4.98 Å². The van der Waals surface area contributed by atoms with Crippen molar-refractivity contribution in [1.82, 2.24) is 4.98 Å². The summed E-state index contributed by atoms with van der Waals surface area (Å²) in [6.07, 6.45) is 0. The fourth-order valence-electron chi connectivity index (χ4n) is 3.88. The summed E-state index contributed by atoms with van der Waals surface area (Å²) >= 11 is 0. The van der Waals surface area contributed by atoms with Gasteiger partial charge in [0.05, 0.1) is 5.69 Å². The molecule has 0 unspecified atom stereocenters. The molecule has 29 heavy (non-hydrogen) atoms. The van der Waals surface area contributed by atoms with Crippen LogP contribution in [0.2, 0.25) is 0 Å². The number of rotatable bonds is 2. The van der Waals surface area contributed by atoms with E-state index in [0.717, 1.165) is 55.6 Å². The third-order valence-electron chi connectivity index (χ3n) is 5.39. The highest BCUT2D eigenvalue weighted by Gasteiger charge is 2.14. The van der Waals surface area contributed by atoms with Crippen molar-refractivity contribution in [2.24, 2.45) is 0 Å². The topological polar surface area (TPSA) is 39.2 Å². The zero-order valence-electron chi connectivity index (χ0n) is 15.8.